The highest BCUT2D eigenvalue weighted by Gasteiger charge is 2.27. The predicted octanol–water partition coefficient (Wildman–Crippen LogP) is 2.04. The number of ether oxygens (including phenoxy) is 2. The van der Waals surface area contributed by atoms with Gasteiger partial charge in [-0.05, 0) is 30.5 Å². The zero-order valence-electron chi connectivity index (χ0n) is 14.9. The van der Waals surface area contributed by atoms with Crippen LogP contribution in [0.15, 0.2) is 36.8 Å². The first kappa shape index (κ1) is 17.3. The Labute approximate surface area is 153 Å². The summed E-state index contributed by atoms with van der Waals surface area (Å²) in [7, 11) is 0. The van der Waals surface area contributed by atoms with Crippen molar-refractivity contribution in [2.45, 2.75) is 31.5 Å². The third-order valence-electron chi connectivity index (χ3n) is 4.89. The van der Waals surface area contributed by atoms with E-state index in [1.54, 1.807) is 6.20 Å². The van der Waals surface area contributed by atoms with Gasteiger partial charge in [-0.2, -0.15) is 0 Å². The zero-order valence-corrected chi connectivity index (χ0v) is 14.9. The Morgan fingerprint density at radius 1 is 1.12 bits per heavy atom. The van der Waals surface area contributed by atoms with E-state index in [-0.39, 0.29) is 6.04 Å². The van der Waals surface area contributed by atoms with Crippen LogP contribution in [0.1, 0.15) is 30.3 Å². The molecule has 0 spiro atoms. The van der Waals surface area contributed by atoms with Crippen molar-refractivity contribution in [3.8, 4) is 0 Å². The van der Waals surface area contributed by atoms with Crippen LogP contribution in [0.3, 0.4) is 0 Å². The predicted molar refractivity (Wildman–Crippen MR) is 97.7 cm³/mol. The molecule has 4 rings (SSSR count). The van der Waals surface area contributed by atoms with E-state index in [1.165, 1.54) is 5.56 Å². The van der Waals surface area contributed by atoms with Crippen LogP contribution in [0.25, 0.3) is 0 Å². The Morgan fingerprint density at radius 3 is 2.88 bits per heavy atom. The largest absolute Gasteiger partial charge is 0.381 e. The molecule has 0 aromatic carbocycles. The molecule has 0 radical (unpaired) electrons. The number of morpholine rings is 1. The lowest BCUT2D eigenvalue weighted by molar-refractivity contribution is -0.0159. The molecule has 138 valence electrons. The molecule has 2 aliphatic heterocycles. The Kier molecular flexibility index (Phi) is 5.68. The van der Waals surface area contributed by atoms with Crippen molar-refractivity contribution >= 4 is 5.82 Å². The van der Waals surface area contributed by atoms with Gasteiger partial charge in [-0.3, -0.25) is 9.88 Å². The maximum absolute atomic E-state index is 5.72. The van der Waals surface area contributed by atoms with E-state index < -0.39 is 0 Å². The van der Waals surface area contributed by atoms with Gasteiger partial charge in [0.15, 0.2) is 0 Å². The van der Waals surface area contributed by atoms with Gasteiger partial charge in [0.25, 0.3) is 0 Å². The van der Waals surface area contributed by atoms with Crippen LogP contribution in [0, 0.1) is 0 Å². The van der Waals surface area contributed by atoms with E-state index in [1.807, 2.05) is 24.5 Å². The van der Waals surface area contributed by atoms with Crippen molar-refractivity contribution in [2.75, 3.05) is 38.3 Å². The monoisotopic (exact) mass is 355 g/mol. The molecule has 0 bridgehead atoms. The number of hydrogen-bond acceptors (Lipinski definition) is 7. The summed E-state index contributed by atoms with van der Waals surface area (Å²) >= 11 is 0. The minimum atomic E-state index is 0.0559. The standard InChI is InChI=1S/C19H25N5O2/c1-2-15(12-20-6-1)13-24-8-11-26-14-17(24)19-21-7-3-18(23-19)22-16-4-9-25-10-5-16/h1-3,6-7,12,16-17H,4-5,8-11,13-14H2,(H,21,22,23). The number of anilines is 1. The average molecular weight is 355 g/mol. The maximum atomic E-state index is 5.72. The third-order valence-corrected chi connectivity index (χ3v) is 4.89. The normalized spacial score (nSPS) is 22.2. The molecule has 2 fully saturated rings. The summed E-state index contributed by atoms with van der Waals surface area (Å²) in [5.41, 5.74) is 1.19. The average Bonchev–Trinajstić information content (AvgIpc) is 2.70. The van der Waals surface area contributed by atoms with Crippen molar-refractivity contribution in [1.82, 2.24) is 19.9 Å². The molecule has 0 saturated carbocycles. The summed E-state index contributed by atoms with van der Waals surface area (Å²) in [6.07, 6.45) is 7.57. The first-order valence-electron chi connectivity index (χ1n) is 9.26. The molecule has 2 aliphatic rings. The molecule has 1 N–H and O–H groups in total. The molecule has 7 nitrogen and oxygen atoms in total. The number of hydrogen-bond donors (Lipinski definition) is 1. The number of nitrogens with one attached hydrogen (secondary N) is 1. The Balaban J connectivity index is 1.47. The molecular weight excluding hydrogens is 330 g/mol. The molecule has 0 aliphatic carbocycles. The van der Waals surface area contributed by atoms with Crippen molar-refractivity contribution in [3.05, 3.63) is 48.2 Å². The van der Waals surface area contributed by atoms with Gasteiger partial charge in [-0.15, -0.1) is 0 Å². The lowest BCUT2D eigenvalue weighted by atomic mass is 10.1. The van der Waals surface area contributed by atoms with Crippen LogP contribution in [0.2, 0.25) is 0 Å². The van der Waals surface area contributed by atoms with Gasteiger partial charge < -0.3 is 14.8 Å². The SMILES string of the molecule is c1cncc(CN2CCOCC2c2nccc(NC3CCOCC3)n2)c1. The van der Waals surface area contributed by atoms with Gasteiger partial charge in [-0.25, -0.2) is 9.97 Å². The number of nitrogens with zero attached hydrogens (tertiary/aromatic N) is 4. The lowest BCUT2D eigenvalue weighted by Crippen LogP contribution is -2.40. The summed E-state index contributed by atoms with van der Waals surface area (Å²) in [4.78, 5) is 15.9. The van der Waals surface area contributed by atoms with Crippen LogP contribution < -0.4 is 5.32 Å². The van der Waals surface area contributed by atoms with Crippen LogP contribution >= 0.6 is 0 Å². The van der Waals surface area contributed by atoms with Crippen molar-refractivity contribution < 1.29 is 9.47 Å². The molecule has 26 heavy (non-hydrogen) atoms. The highest BCUT2D eigenvalue weighted by atomic mass is 16.5. The first-order chi connectivity index (χ1) is 12.9. The Morgan fingerprint density at radius 2 is 2.04 bits per heavy atom. The summed E-state index contributed by atoms with van der Waals surface area (Å²) in [6.45, 7) is 4.65. The fourth-order valence-electron chi connectivity index (χ4n) is 3.46. The topological polar surface area (TPSA) is 72.4 Å². The molecular formula is C19H25N5O2. The second kappa shape index (κ2) is 8.53. The van der Waals surface area contributed by atoms with Gasteiger partial charge in [0, 0.05) is 50.9 Å². The number of rotatable bonds is 5. The van der Waals surface area contributed by atoms with Gasteiger partial charge in [-0.1, -0.05) is 6.07 Å². The van der Waals surface area contributed by atoms with Crippen LogP contribution in [-0.4, -0.2) is 58.9 Å². The van der Waals surface area contributed by atoms with Crippen LogP contribution in [0.4, 0.5) is 5.82 Å². The van der Waals surface area contributed by atoms with Crippen LogP contribution in [0.5, 0.6) is 0 Å². The molecule has 2 aromatic heterocycles. The zero-order chi connectivity index (χ0) is 17.6. The quantitative estimate of drug-likeness (QED) is 0.880. The fourth-order valence-corrected chi connectivity index (χ4v) is 3.46. The van der Waals surface area contributed by atoms with Gasteiger partial charge in [0.05, 0.1) is 19.3 Å². The minimum absolute atomic E-state index is 0.0559. The fraction of sp³-hybridized carbons (Fsp3) is 0.526. The molecule has 4 heterocycles. The first-order valence-corrected chi connectivity index (χ1v) is 9.26. The van der Waals surface area contributed by atoms with Gasteiger partial charge in [0.2, 0.25) is 0 Å². The van der Waals surface area contributed by atoms with E-state index in [0.717, 1.165) is 57.4 Å². The summed E-state index contributed by atoms with van der Waals surface area (Å²) in [6, 6.07) is 6.48. The molecule has 1 atom stereocenters. The Bertz CT molecular complexity index is 693. The molecule has 0 amide bonds. The highest BCUT2D eigenvalue weighted by Crippen LogP contribution is 2.24. The lowest BCUT2D eigenvalue weighted by Gasteiger charge is -2.34. The second-order valence-corrected chi connectivity index (χ2v) is 6.75. The molecule has 7 heteroatoms. The minimum Gasteiger partial charge on any atom is -0.381 e. The summed E-state index contributed by atoms with van der Waals surface area (Å²) < 4.78 is 11.1. The van der Waals surface area contributed by atoms with Crippen molar-refractivity contribution in [1.29, 1.82) is 0 Å². The van der Waals surface area contributed by atoms with E-state index >= 15 is 0 Å². The van der Waals surface area contributed by atoms with Crippen LogP contribution in [-0.2, 0) is 16.0 Å². The molecule has 2 aromatic rings. The highest BCUT2D eigenvalue weighted by molar-refractivity contribution is 5.35. The smallest absolute Gasteiger partial charge is 0.150 e. The van der Waals surface area contributed by atoms with Gasteiger partial charge >= 0.3 is 0 Å². The van der Waals surface area contributed by atoms with Gasteiger partial charge in [0.1, 0.15) is 11.6 Å². The Hall–Kier alpha value is -2.09. The molecule has 2 saturated heterocycles. The van der Waals surface area contributed by atoms with Crippen molar-refractivity contribution in [3.63, 3.8) is 0 Å². The summed E-state index contributed by atoms with van der Waals surface area (Å²) in [5, 5.41) is 3.52. The van der Waals surface area contributed by atoms with E-state index in [4.69, 9.17) is 14.5 Å². The third kappa shape index (κ3) is 4.35. The number of pyridine rings is 1. The second-order valence-electron chi connectivity index (χ2n) is 6.75. The van der Waals surface area contributed by atoms with Crippen molar-refractivity contribution in [2.24, 2.45) is 0 Å². The number of aromatic nitrogens is 3. The van der Waals surface area contributed by atoms with E-state index in [0.29, 0.717) is 12.6 Å². The maximum Gasteiger partial charge on any atom is 0.150 e. The summed E-state index contributed by atoms with van der Waals surface area (Å²) in [5.74, 6) is 1.69. The molecule has 1 unspecified atom stereocenters. The van der Waals surface area contributed by atoms with E-state index in [9.17, 15) is 0 Å². The van der Waals surface area contributed by atoms with E-state index in [2.05, 4.69) is 26.3 Å².